The van der Waals surface area contributed by atoms with Crippen LogP contribution in [0.2, 0.25) is 0 Å². The second-order valence-corrected chi connectivity index (χ2v) is 9.82. The van der Waals surface area contributed by atoms with Gasteiger partial charge in [0.05, 0.1) is 5.56 Å². The summed E-state index contributed by atoms with van der Waals surface area (Å²) < 4.78 is 0. The number of aromatic carboxylic acids is 1. The van der Waals surface area contributed by atoms with Crippen molar-refractivity contribution in [3.63, 3.8) is 0 Å². The third kappa shape index (κ3) is 4.90. The lowest BCUT2D eigenvalue weighted by molar-refractivity contribution is 0.0694. The first kappa shape index (κ1) is 22.8. The first-order valence-corrected chi connectivity index (χ1v) is 11.0. The number of rotatable bonds is 5. The summed E-state index contributed by atoms with van der Waals surface area (Å²) in [4.78, 5) is 12.5. The predicted octanol–water partition coefficient (Wildman–Crippen LogP) is 7.10. The smallest absolute Gasteiger partial charge is 0.336 e. The Morgan fingerprint density at radius 2 is 1.10 bits per heavy atom. The molecule has 0 aromatic heterocycles. The summed E-state index contributed by atoms with van der Waals surface area (Å²) in [5.74, 6) is -0.845. The van der Waals surface area contributed by atoms with E-state index in [9.17, 15) is 9.90 Å². The zero-order chi connectivity index (χ0) is 22.9. The van der Waals surface area contributed by atoms with Gasteiger partial charge >= 0.3 is 5.97 Å². The highest BCUT2D eigenvalue weighted by molar-refractivity contribution is 5.92. The molecule has 0 aliphatic heterocycles. The molecule has 0 aliphatic carbocycles. The monoisotopic (exact) mass is 414 g/mol. The number of carboxylic acids is 1. The Balaban J connectivity index is 2.25. The van der Waals surface area contributed by atoms with Gasteiger partial charge in [-0.05, 0) is 96.0 Å². The van der Waals surface area contributed by atoms with Gasteiger partial charge in [0.15, 0.2) is 0 Å². The molecule has 3 aromatic rings. The summed E-state index contributed by atoms with van der Waals surface area (Å²) >= 11 is 0. The third-order valence-electron chi connectivity index (χ3n) is 6.40. The summed E-state index contributed by atoms with van der Waals surface area (Å²) in [6, 6.07) is 16.8. The maximum atomic E-state index is 12.5. The number of hydrogen-bond acceptors (Lipinski definition) is 1. The summed E-state index contributed by atoms with van der Waals surface area (Å²) in [7, 11) is 0. The predicted molar refractivity (Wildman–Crippen MR) is 130 cm³/mol. The van der Waals surface area contributed by atoms with Gasteiger partial charge in [-0.3, -0.25) is 0 Å². The van der Waals surface area contributed by atoms with Crippen LogP contribution >= 0.6 is 0 Å². The Kier molecular flexibility index (Phi) is 6.40. The van der Waals surface area contributed by atoms with E-state index in [-0.39, 0.29) is 5.41 Å². The molecule has 0 aliphatic rings. The van der Waals surface area contributed by atoms with Gasteiger partial charge in [0.25, 0.3) is 0 Å². The molecule has 0 atom stereocenters. The highest BCUT2D eigenvalue weighted by atomic mass is 16.4. The number of hydrogen-bond donors (Lipinski definition) is 1. The van der Waals surface area contributed by atoms with Gasteiger partial charge in [0.1, 0.15) is 0 Å². The van der Waals surface area contributed by atoms with E-state index in [4.69, 9.17) is 0 Å². The minimum atomic E-state index is -0.845. The van der Waals surface area contributed by atoms with E-state index in [0.717, 1.165) is 11.1 Å². The average molecular weight is 415 g/mol. The van der Waals surface area contributed by atoms with Crippen LogP contribution < -0.4 is 0 Å². The van der Waals surface area contributed by atoms with E-state index in [1.165, 1.54) is 38.9 Å². The van der Waals surface area contributed by atoms with Crippen LogP contribution in [-0.4, -0.2) is 11.1 Å². The maximum absolute atomic E-state index is 12.5. The summed E-state index contributed by atoms with van der Waals surface area (Å²) in [5.41, 5.74) is 10.6. The molecule has 1 N–H and O–H groups in total. The van der Waals surface area contributed by atoms with E-state index in [1.807, 2.05) is 0 Å². The lowest BCUT2D eigenvalue weighted by Gasteiger charge is -2.24. The van der Waals surface area contributed by atoms with Gasteiger partial charge in [-0.15, -0.1) is 0 Å². The van der Waals surface area contributed by atoms with Gasteiger partial charge in [0, 0.05) is 0 Å². The van der Waals surface area contributed by atoms with E-state index in [0.29, 0.717) is 18.4 Å². The highest BCUT2D eigenvalue weighted by Gasteiger charge is 2.23. The van der Waals surface area contributed by atoms with Crippen LogP contribution in [0.3, 0.4) is 0 Å². The molecule has 0 spiro atoms. The van der Waals surface area contributed by atoms with E-state index in [1.54, 1.807) is 0 Å². The minimum absolute atomic E-state index is 0.0674. The van der Waals surface area contributed by atoms with Crippen molar-refractivity contribution < 1.29 is 9.90 Å². The molecule has 0 bridgehead atoms. The molecule has 3 aromatic carbocycles. The molecule has 0 radical (unpaired) electrons. The molecule has 0 unspecified atom stereocenters. The zero-order valence-corrected chi connectivity index (χ0v) is 19.9. The number of carboxylic acid groups (broad SMARTS) is 1. The molecule has 162 valence electrons. The average Bonchev–Trinajstić information content (AvgIpc) is 2.66. The van der Waals surface area contributed by atoms with Crippen LogP contribution in [0, 0.1) is 27.7 Å². The normalized spacial score (nSPS) is 11.6. The SMILES string of the molecule is Cc1cccc(C)c1Cc1cc(C(C)(C)C)cc(Cc2c(C)cccc2C)c1C(=O)O. The standard InChI is InChI=1S/C29H34O2/c1-18-10-8-11-19(2)25(18)16-22-14-24(29(5,6)7)15-23(27(22)28(30)31)17-26-20(3)12-9-13-21(26)4/h8-15H,16-17H2,1-7H3,(H,30,31). The molecule has 0 amide bonds. The molecule has 0 saturated carbocycles. The van der Waals surface area contributed by atoms with Gasteiger partial charge in [-0.1, -0.05) is 69.3 Å². The van der Waals surface area contributed by atoms with Crippen LogP contribution in [0.25, 0.3) is 0 Å². The van der Waals surface area contributed by atoms with Crippen molar-refractivity contribution >= 4 is 5.97 Å². The molecule has 2 heteroatoms. The zero-order valence-electron chi connectivity index (χ0n) is 19.9. The molecule has 0 saturated heterocycles. The Morgan fingerprint density at radius 3 is 1.39 bits per heavy atom. The fourth-order valence-corrected chi connectivity index (χ4v) is 4.39. The molecule has 0 fully saturated rings. The highest BCUT2D eigenvalue weighted by Crippen LogP contribution is 2.32. The van der Waals surface area contributed by atoms with Crippen molar-refractivity contribution in [1.82, 2.24) is 0 Å². The van der Waals surface area contributed by atoms with Gasteiger partial charge in [-0.2, -0.15) is 0 Å². The van der Waals surface area contributed by atoms with Crippen LogP contribution in [-0.2, 0) is 18.3 Å². The molecular formula is C29H34O2. The summed E-state index contributed by atoms with van der Waals surface area (Å²) in [5, 5.41) is 10.3. The Morgan fingerprint density at radius 1 is 0.742 bits per heavy atom. The van der Waals surface area contributed by atoms with Crippen molar-refractivity contribution in [3.8, 4) is 0 Å². The van der Waals surface area contributed by atoms with E-state index < -0.39 is 5.97 Å². The lowest BCUT2D eigenvalue weighted by atomic mass is 9.80. The molecule has 0 heterocycles. The van der Waals surface area contributed by atoms with Crippen LogP contribution in [0.5, 0.6) is 0 Å². The molecular weight excluding hydrogens is 380 g/mol. The van der Waals surface area contributed by atoms with Crippen molar-refractivity contribution in [1.29, 1.82) is 0 Å². The minimum Gasteiger partial charge on any atom is -0.478 e. The van der Waals surface area contributed by atoms with Gasteiger partial charge < -0.3 is 5.11 Å². The van der Waals surface area contributed by atoms with Gasteiger partial charge in [0.2, 0.25) is 0 Å². The first-order valence-electron chi connectivity index (χ1n) is 11.0. The van der Waals surface area contributed by atoms with Crippen LogP contribution in [0.1, 0.15) is 81.2 Å². The van der Waals surface area contributed by atoms with Crippen molar-refractivity contribution in [3.05, 3.63) is 104 Å². The van der Waals surface area contributed by atoms with E-state index in [2.05, 4.69) is 97.0 Å². The van der Waals surface area contributed by atoms with Crippen molar-refractivity contribution in [2.24, 2.45) is 0 Å². The Hall–Kier alpha value is -2.87. The summed E-state index contributed by atoms with van der Waals surface area (Å²) in [6.45, 7) is 15.0. The van der Waals surface area contributed by atoms with Crippen molar-refractivity contribution in [2.45, 2.75) is 66.7 Å². The summed E-state index contributed by atoms with van der Waals surface area (Å²) in [6.07, 6.45) is 1.26. The third-order valence-corrected chi connectivity index (χ3v) is 6.40. The molecule has 2 nitrogen and oxygen atoms in total. The van der Waals surface area contributed by atoms with Crippen molar-refractivity contribution in [2.75, 3.05) is 0 Å². The first-order chi connectivity index (χ1) is 14.5. The second kappa shape index (κ2) is 8.70. The second-order valence-electron chi connectivity index (χ2n) is 9.82. The number of benzene rings is 3. The fourth-order valence-electron chi connectivity index (χ4n) is 4.39. The molecule has 3 rings (SSSR count). The Bertz CT molecular complexity index is 1010. The lowest BCUT2D eigenvalue weighted by Crippen LogP contribution is -2.17. The van der Waals surface area contributed by atoms with Gasteiger partial charge in [-0.25, -0.2) is 4.79 Å². The van der Waals surface area contributed by atoms with Crippen LogP contribution in [0.4, 0.5) is 0 Å². The number of aryl methyl sites for hydroxylation is 4. The largest absolute Gasteiger partial charge is 0.478 e. The fraction of sp³-hybridized carbons (Fsp3) is 0.345. The molecule has 31 heavy (non-hydrogen) atoms. The van der Waals surface area contributed by atoms with Crippen LogP contribution in [0.15, 0.2) is 48.5 Å². The maximum Gasteiger partial charge on any atom is 0.336 e. The topological polar surface area (TPSA) is 37.3 Å². The quantitative estimate of drug-likeness (QED) is 0.483. The number of carbonyl (C=O) groups is 1. The van der Waals surface area contributed by atoms with E-state index >= 15 is 0 Å². The Labute approximate surface area is 187 Å².